The highest BCUT2D eigenvalue weighted by Crippen LogP contribution is 2.44. The van der Waals surface area contributed by atoms with Gasteiger partial charge >= 0.3 is 0 Å². The van der Waals surface area contributed by atoms with Gasteiger partial charge in [-0.2, -0.15) is 5.10 Å². The van der Waals surface area contributed by atoms with Crippen LogP contribution in [-0.2, 0) is 15.2 Å². The normalized spacial score (nSPS) is 22.0. The largest absolute Gasteiger partial charge is 0.381 e. The van der Waals surface area contributed by atoms with E-state index in [1.54, 1.807) is 0 Å². The molecule has 4 aliphatic heterocycles. The molecule has 4 aliphatic rings. The first-order chi connectivity index (χ1) is 16.3. The van der Waals surface area contributed by atoms with Crippen molar-refractivity contribution in [3.63, 3.8) is 0 Å². The molecule has 0 atom stereocenters. The number of thioether (sulfide) groups is 1. The van der Waals surface area contributed by atoms with E-state index in [4.69, 9.17) is 14.6 Å². The molecular weight excluding hydrogens is 436 g/mol. The van der Waals surface area contributed by atoms with Crippen LogP contribution >= 0.6 is 11.8 Å². The number of hydrogen-bond donors (Lipinski definition) is 0. The molecule has 2 aromatic rings. The van der Waals surface area contributed by atoms with E-state index in [9.17, 15) is 4.79 Å². The molecule has 0 saturated carbocycles. The van der Waals surface area contributed by atoms with Crippen molar-refractivity contribution in [3.8, 4) is 11.3 Å². The van der Waals surface area contributed by atoms with Gasteiger partial charge < -0.3 is 14.4 Å². The van der Waals surface area contributed by atoms with Gasteiger partial charge in [-0.15, -0.1) is 11.8 Å². The number of nitrogens with zero attached hydrogens (tertiary/aromatic N) is 4. The lowest BCUT2D eigenvalue weighted by molar-refractivity contribution is 0.0295. The van der Waals surface area contributed by atoms with Crippen LogP contribution in [-0.4, -0.2) is 84.6 Å². The molecule has 6 rings (SSSR count). The third-order valence-electron chi connectivity index (χ3n) is 7.50. The van der Waals surface area contributed by atoms with Gasteiger partial charge in [0.25, 0.3) is 5.91 Å². The molecule has 0 unspecified atom stereocenters. The highest BCUT2D eigenvalue weighted by molar-refractivity contribution is 7.98. The van der Waals surface area contributed by atoms with Crippen LogP contribution in [0.3, 0.4) is 0 Å². The molecule has 33 heavy (non-hydrogen) atoms. The molecule has 0 aliphatic carbocycles. The summed E-state index contributed by atoms with van der Waals surface area (Å²) in [6, 6.07) is 8.89. The summed E-state index contributed by atoms with van der Waals surface area (Å²) in [5.74, 6) is 1.67. The van der Waals surface area contributed by atoms with Crippen molar-refractivity contribution in [2.45, 2.75) is 36.0 Å². The van der Waals surface area contributed by atoms with Crippen LogP contribution < -0.4 is 0 Å². The molecule has 1 aromatic heterocycles. The minimum Gasteiger partial charge on any atom is -0.381 e. The third kappa shape index (κ3) is 4.22. The van der Waals surface area contributed by atoms with Crippen LogP contribution in [0.5, 0.6) is 0 Å². The Kier molecular flexibility index (Phi) is 6.17. The number of benzene rings is 1. The fourth-order valence-corrected chi connectivity index (χ4v) is 6.53. The number of aromatic nitrogens is 2. The predicted octanol–water partition coefficient (Wildman–Crippen LogP) is 3.30. The summed E-state index contributed by atoms with van der Waals surface area (Å²) >= 11 is 1.82. The molecule has 0 radical (unpaired) electrons. The van der Waals surface area contributed by atoms with Gasteiger partial charge in [-0.3, -0.25) is 14.4 Å². The second-order valence-electron chi connectivity index (χ2n) is 9.57. The number of ether oxygens (including phenoxy) is 2. The fraction of sp³-hybridized carbons (Fsp3) is 0.600. The van der Waals surface area contributed by atoms with Gasteiger partial charge in [0, 0.05) is 61.2 Å². The summed E-state index contributed by atoms with van der Waals surface area (Å²) in [4.78, 5) is 19.2. The van der Waals surface area contributed by atoms with Crippen molar-refractivity contribution in [1.82, 2.24) is 19.6 Å². The number of rotatable bonds is 5. The Labute approximate surface area is 199 Å². The number of morpholine rings is 1. The van der Waals surface area contributed by atoms with E-state index in [1.807, 2.05) is 16.7 Å². The Morgan fingerprint density at radius 2 is 1.82 bits per heavy atom. The summed E-state index contributed by atoms with van der Waals surface area (Å²) in [5, 5.41) is 5.00. The Hall–Kier alpha value is -1.87. The lowest BCUT2D eigenvalue weighted by atomic mass is 9.95. The molecule has 8 heteroatoms. The van der Waals surface area contributed by atoms with E-state index < -0.39 is 0 Å². The van der Waals surface area contributed by atoms with Crippen LogP contribution in [0, 0.1) is 5.92 Å². The van der Waals surface area contributed by atoms with E-state index in [0.717, 1.165) is 55.8 Å². The topological polar surface area (TPSA) is 59.8 Å². The molecule has 176 valence electrons. The fourth-order valence-electron chi connectivity index (χ4n) is 5.46. The van der Waals surface area contributed by atoms with E-state index in [1.165, 1.54) is 29.7 Å². The zero-order valence-corrected chi connectivity index (χ0v) is 19.9. The molecule has 0 N–H and O–H groups in total. The van der Waals surface area contributed by atoms with Crippen molar-refractivity contribution in [2.24, 2.45) is 5.92 Å². The van der Waals surface area contributed by atoms with E-state index in [2.05, 4.69) is 33.8 Å². The summed E-state index contributed by atoms with van der Waals surface area (Å²) in [6.45, 7) is 7.52. The minimum atomic E-state index is 0.0592. The maximum absolute atomic E-state index is 13.4. The summed E-state index contributed by atoms with van der Waals surface area (Å²) in [7, 11) is 0. The van der Waals surface area contributed by atoms with Crippen molar-refractivity contribution >= 4 is 17.7 Å². The van der Waals surface area contributed by atoms with Crippen molar-refractivity contribution < 1.29 is 14.3 Å². The Morgan fingerprint density at radius 1 is 1.06 bits per heavy atom. The number of hydrogen-bond acceptors (Lipinski definition) is 6. The summed E-state index contributed by atoms with van der Waals surface area (Å²) in [6.07, 6.45) is 3.66. The van der Waals surface area contributed by atoms with Crippen LogP contribution in [0.4, 0.5) is 0 Å². The molecule has 3 saturated heterocycles. The van der Waals surface area contributed by atoms with Crippen molar-refractivity contribution in [2.75, 3.05) is 59.2 Å². The Morgan fingerprint density at radius 3 is 2.64 bits per heavy atom. The van der Waals surface area contributed by atoms with Crippen LogP contribution in [0.25, 0.3) is 11.3 Å². The van der Waals surface area contributed by atoms with Crippen LogP contribution in [0.2, 0.25) is 0 Å². The zero-order valence-electron chi connectivity index (χ0n) is 19.1. The van der Waals surface area contributed by atoms with Crippen molar-refractivity contribution in [3.05, 3.63) is 35.5 Å². The van der Waals surface area contributed by atoms with Gasteiger partial charge in [-0.25, -0.2) is 0 Å². The predicted molar refractivity (Wildman–Crippen MR) is 128 cm³/mol. The molecule has 0 spiro atoms. The zero-order chi connectivity index (χ0) is 22.2. The van der Waals surface area contributed by atoms with Gasteiger partial charge in [-0.05, 0) is 37.8 Å². The second kappa shape index (κ2) is 9.41. The quantitative estimate of drug-likeness (QED) is 0.671. The van der Waals surface area contributed by atoms with Gasteiger partial charge in [0.1, 0.15) is 0 Å². The van der Waals surface area contributed by atoms with Crippen LogP contribution in [0.15, 0.2) is 29.2 Å². The number of carbonyl (C=O) groups is 1. The van der Waals surface area contributed by atoms with E-state index in [-0.39, 0.29) is 5.91 Å². The average Bonchev–Trinajstić information content (AvgIpc) is 3.23. The Bertz CT molecular complexity index is 1010. The first kappa shape index (κ1) is 21.6. The molecule has 3 fully saturated rings. The first-order valence-electron chi connectivity index (χ1n) is 12.3. The molecule has 5 heterocycles. The van der Waals surface area contributed by atoms with Gasteiger partial charge in [-0.1, -0.05) is 18.2 Å². The SMILES string of the molecule is O=C(c1nn(C2CN(CCC3CCOCC3)C2)c2c1CSc1ccccc1-2)N1CCOCC1. The lowest BCUT2D eigenvalue weighted by Crippen LogP contribution is -2.49. The highest BCUT2D eigenvalue weighted by atomic mass is 32.2. The second-order valence-corrected chi connectivity index (χ2v) is 10.6. The summed E-state index contributed by atoms with van der Waals surface area (Å²) < 4.78 is 13.1. The Balaban J connectivity index is 1.23. The first-order valence-corrected chi connectivity index (χ1v) is 13.3. The maximum atomic E-state index is 13.4. The standard InChI is InChI=1S/C25H32N4O3S/c30-25(28-9-13-32-14-10-28)23-21-17-33-22-4-2-1-3-20(22)24(21)29(26-23)19-15-27(16-19)8-5-18-6-11-31-12-7-18/h1-4,18-19H,5-17H2. The van der Waals surface area contributed by atoms with Gasteiger partial charge in [0.05, 0.1) is 24.9 Å². The molecular formula is C25H32N4O3S. The smallest absolute Gasteiger partial charge is 0.274 e. The number of amides is 1. The van der Waals surface area contributed by atoms with E-state index >= 15 is 0 Å². The van der Waals surface area contributed by atoms with Gasteiger partial charge in [0.15, 0.2) is 5.69 Å². The lowest BCUT2D eigenvalue weighted by Gasteiger charge is -2.41. The molecule has 1 amide bonds. The molecule has 1 aromatic carbocycles. The van der Waals surface area contributed by atoms with E-state index in [0.29, 0.717) is 38.0 Å². The molecule has 7 nitrogen and oxygen atoms in total. The average molecular weight is 469 g/mol. The third-order valence-corrected chi connectivity index (χ3v) is 8.60. The summed E-state index contributed by atoms with van der Waals surface area (Å²) in [5.41, 5.74) is 4.14. The number of fused-ring (bicyclic) bond motifs is 3. The number of carbonyl (C=O) groups excluding carboxylic acids is 1. The van der Waals surface area contributed by atoms with Crippen LogP contribution in [0.1, 0.15) is 41.4 Å². The minimum absolute atomic E-state index is 0.0592. The number of likely N-dealkylation sites (tertiary alicyclic amines) is 1. The monoisotopic (exact) mass is 468 g/mol. The highest BCUT2D eigenvalue weighted by Gasteiger charge is 2.37. The molecule has 0 bridgehead atoms. The van der Waals surface area contributed by atoms with Crippen molar-refractivity contribution in [1.29, 1.82) is 0 Å². The maximum Gasteiger partial charge on any atom is 0.274 e. The van der Waals surface area contributed by atoms with Gasteiger partial charge in [0.2, 0.25) is 0 Å².